The summed E-state index contributed by atoms with van der Waals surface area (Å²) in [5, 5.41) is 8.86. The van der Waals surface area contributed by atoms with Crippen LogP contribution >= 0.6 is 39.9 Å². The number of carbonyl (C=O) groups is 2. The van der Waals surface area contributed by atoms with Crippen molar-refractivity contribution in [2.75, 3.05) is 6.54 Å². The second kappa shape index (κ2) is 9.56. The van der Waals surface area contributed by atoms with Crippen LogP contribution < -0.4 is 4.74 Å². The van der Waals surface area contributed by atoms with E-state index in [9.17, 15) is 9.59 Å². The van der Waals surface area contributed by atoms with E-state index in [0.717, 1.165) is 32.9 Å². The predicted octanol–water partition coefficient (Wildman–Crippen LogP) is 5.01. The summed E-state index contributed by atoms with van der Waals surface area (Å²) < 4.78 is 7.24. The monoisotopic (exact) mass is 491 g/mol. The predicted molar refractivity (Wildman–Crippen MR) is 122 cm³/mol. The molecule has 1 fully saturated rings. The van der Waals surface area contributed by atoms with Crippen LogP contribution in [0.25, 0.3) is 6.08 Å². The average Bonchev–Trinajstić information content (AvgIpc) is 2.93. The summed E-state index contributed by atoms with van der Waals surface area (Å²) in [7, 11) is 0. The molecule has 0 bridgehead atoms. The molecular formula is C21H18BrNO4S2. The maximum atomic E-state index is 12.7. The van der Waals surface area contributed by atoms with Crippen molar-refractivity contribution in [1.82, 2.24) is 4.90 Å². The first-order valence-corrected chi connectivity index (χ1v) is 10.8. The lowest BCUT2D eigenvalue weighted by Crippen LogP contribution is -2.30. The topological polar surface area (TPSA) is 66.8 Å². The minimum atomic E-state index is -0.970. The SMILES string of the molecule is Cc1ccccc1COc1ccc(Br)cc1/C=C1/SC(=S)N(CCC(=O)O)C1=O. The Morgan fingerprint density at radius 3 is 2.79 bits per heavy atom. The smallest absolute Gasteiger partial charge is 0.305 e. The molecule has 0 radical (unpaired) electrons. The largest absolute Gasteiger partial charge is 0.488 e. The van der Waals surface area contributed by atoms with Crippen molar-refractivity contribution in [2.24, 2.45) is 0 Å². The minimum absolute atomic E-state index is 0.0620. The van der Waals surface area contributed by atoms with Crippen molar-refractivity contribution in [1.29, 1.82) is 0 Å². The molecule has 0 atom stereocenters. The Morgan fingerprint density at radius 1 is 1.31 bits per heavy atom. The molecule has 0 unspecified atom stereocenters. The zero-order valence-electron chi connectivity index (χ0n) is 15.6. The molecule has 1 amide bonds. The maximum Gasteiger partial charge on any atom is 0.305 e. The summed E-state index contributed by atoms with van der Waals surface area (Å²) in [5.41, 5.74) is 2.97. The number of rotatable bonds is 7. The van der Waals surface area contributed by atoms with E-state index in [2.05, 4.69) is 15.9 Å². The van der Waals surface area contributed by atoms with E-state index >= 15 is 0 Å². The van der Waals surface area contributed by atoms with Gasteiger partial charge >= 0.3 is 5.97 Å². The Morgan fingerprint density at radius 2 is 2.07 bits per heavy atom. The summed E-state index contributed by atoms with van der Waals surface area (Å²) in [5.74, 6) is -0.611. The number of halogens is 1. The Bertz CT molecular complexity index is 1010. The lowest BCUT2D eigenvalue weighted by Gasteiger charge is -2.13. The van der Waals surface area contributed by atoms with E-state index < -0.39 is 5.97 Å². The Hall–Kier alpha value is -2.16. The van der Waals surface area contributed by atoms with Gasteiger partial charge in [0.25, 0.3) is 5.91 Å². The molecule has 3 rings (SSSR count). The van der Waals surface area contributed by atoms with Gasteiger partial charge in [-0.1, -0.05) is 64.2 Å². The second-order valence-electron chi connectivity index (χ2n) is 6.37. The molecule has 1 saturated heterocycles. The van der Waals surface area contributed by atoms with E-state index in [1.165, 1.54) is 4.90 Å². The van der Waals surface area contributed by atoms with Gasteiger partial charge in [0.15, 0.2) is 0 Å². The number of aryl methyl sites for hydroxylation is 1. The van der Waals surface area contributed by atoms with Gasteiger partial charge in [0.05, 0.1) is 11.3 Å². The third kappa shape index (κ3) is 5.46. The van der Waals surface area contributed by atoms with E-state index in [-0.39, 0.29) is 18.9 Å². The molecule has 8 heteroatoms. The van der Waals surface area contributed by atoms with E-state index in [1.807, 2.05) is 49.4 Å². The third-order valence-electron chi connectivity index (χ3n) is 4.33. The van der Waals surface area contributed by atoms with Crippen molar-refractivity contribution in [3.05, 3.63) is 68.5 Å². The number of carboxylic acid groups (broad SMARTS) is 1. The molecule has 29 heavy (non-hydrogen) atoms. The molecular weight excluding hydrogens is 474 g/mol. The van der Waals surface area contributed by atoms with Crippen LogP contribution in [0.4, 0.5) is 0 Å². The van der Waals surface area contributed by atoms with Crippen LogP contribution in [0, 0.1) is 6.92 Å². The van der Waals surface area contributed by atoms with Crippen molar-refractivity contribution in [3.8, 4) is 5.75 Å². The number of thioether (sulfide) groups is 1. The summed E-state index contributed by atoms with van der Waals surface area (Å²) in [6, 6.07) is 13.6. The highest BCUT2D eigenvalue weighted by atomic mass is 79.9. The third-order valence-corrected chi connectivity index (χ3v) is 6.20. The molecule has 0 spiro atoms. The van der Waals surface area contributed by atoms with Gasteiger partial charge in [-0.2, -0.15) is 0 Å². The van der Waals surface area contributed by atoms with Gasteiger partial charge in [-0.25, -0.2) is 0 Å². The molecule has 0 aliphatic carbocycles. The quantitative estimate of drug-likeness (QED) is 0.433. The number of nitrogens with zero attached hydrogens (tertiary/aromatic N) is 1. The van der Waals surface area contributed by atoms with Gasteiger partial charge in [0.2, 0.25) is 0 Å². The number of hydrogen-bond acceptors (Lipinski definition) is 5. The van der Waals surface area contributed by atoms with Crippen LogP contribution in [-0.4, -0.2) is 32.7 Å². The van der Waals surface area contributed by atoms with E-state index in [1.54, 1.807) is 6.08 Å². The maximum absolute atomic E-state index is 12.7. The molecule has 0 aromatic heterocycles. The summed E-state index contributed by atoms with van der Waals surface area (Å²) in [6.07, 6.45) is 1.58. The zero-order chi connectivity index (χ0) is 21.0. The van der Waals surface area contributed by atoms with Crippen molar-refractivity contribution in [2.45, 2.75) is 20.0 Å². The summed E-state index contributed by atoms with van der Waals surface area (Å²) >= 11 is 9.86. The van der Waals surface area contributed by atoms with Crippen LogP contribution in [0.2, 0.25) is 0 Å². The van der Waals surface area contributed by atoms with Gasteiger partial charge in [-0.05, 0) is 42.3 Å². The number of ether oxygens (including phenoxy) is 1. The van der Waals surface area contributed by atoms with Crippen molar-refractivity contribution < 1.29 is 19.4 Å². The molecule has 5 nitrogen and oxygen atoms in total. The first-order valence-electron chi connectivity index (χ1n) is 8.79. The van der Waals surface area contributed by atoms with Gasteiger partial charge in [-0.3, -0.25) is 14.5 Å². The second-order valence-corrected chi connectivity index (χ2v) is 8.97. The molecule has 2 aromatic rings. The standard InChI is InChI=1S/C21H18BrNO4S2/c1-13-4-2-3-5-14(13)12-27-17-7-6-16(22)10-15(17)11-18-20(26)23(21(28)29-18)9-8-19(24)25/h2-7,10-11H,8-9,12H2,1H3,(H,24,25)/b18-11+. The molecule has 1 aliphatic heterocycles. The van der Waals surface area contributed by atoms with Crippen LogP contribution in [0.15, 0.2) is 51.8 Å². The number of aliphatic carboxylic acids is 1. The van der Waals surface area contributed by atoms with Gasteiger partial charge in [0, 0.05) is 16.6 Å². The highest BCUT2D eigenvalue weighted by molar-refractivity contribution is 9.10. The fourth-order valence-electron chi connectivity index (χ4n) is 2.73. The normalized spacial score (nSPS) is 15.2. The number of carbonyl (C=O) groups excluding carboxylic acids is 1. The highest BCUT2D eigenvalue weighted by Crippen LogP contribution is 2.35. The Labute approximate surface area is 186 Å². The minimum Gasteiger partial charge on any atom is -0.488 e. The molecule has 1 aliphatic rings. The van der Waals surface area contributed by atoms with Crippen molar-refractivity contribution >= 4 is 62.2 Å². The fraction of sp³-hybridized carbons (Fsp3) is 0.190. The van der Waals surface area contributed by atoms with Crippen LogP contribution in [-0.2, 0) is 16.2 Å². The van der Waals surface area contributed by atoms with E-state index in [4.69, 9.17) is 22.1 Å². The first kappa shape index (κ1) is 21.5. The van der Waals surface area contributed by atoms with Crippen LogP contribution in [0.5, 0.6) is 5.75 Å². The first-order chi connectivity index (χ1) is 13.8. The Kier molecular flexibility index (Phi) is 7.10. The van der Waals surface area contributed by atoms with Gasteiger partial charge in [-0.15, -0.1) is 0 Å². The summed E-state index contributed by atoms with van der Waals surface area (Å²) in [6.45, 7) is 2.50. The lowest BCUT2D eigenvalue weighted by atomic mass is 10.1. The van der Waals surface area contributed by atoms with Gasteiger partial charge in [0.1, 0.15) is 16.7 Å². The molecule has 1 heterocycles. The number of carboxylic acids is 1. The number of hydrogen-bond donors (Lipinski definition) is 1. The molecule has 0 saturated carbocycles. The number of benzene rings is 2. The van der Waals surface area contributed by atoms with Gasteiger partial charge < -0.3 is 9.84 Å². The Balaban J connectivity index is 1.82. The van der Waals surface area contributed by atoms with Crippen LogP contribution in [0.1, 0.15) is 23.1 Å². The van der Waals surface area contributed by atoms with Crippen LogP contribution in [0.3, 0.4) is 0 Å². The zero-order valence-corrected chi connectivity index (χ0v) is 18.8. The highest BCUT2D eigenvalue weighted by Gasteiger charge is 2.32. The lowest BCUT2D eigenvalue weighted by molar-refractivity contribution is -0.137. The molecule has 1 N–H and O–H groups in total. The van der Waals surface area contributed by atoms with Crippen molar-refractivity contribution in [3.63, 3.8) is 0 Å². The van der Waals surface area contributed by atoms with E-state index in [0.29, 0.717) is 21.6 Å². The number of thiocarbonyl (C=S) groups is 1. The molecule has 150 valence electrons. The summed E-state index contributed by atoms with van der Waals surface area (Å²) in [4.78, 5) is 25.2. The number of amides is 1. The molecule has 2 aromatic carbocycles. The fourth-order valence-corrected chi connectivity index (χ4v) is 4.41. The average molecular weight is 492 g/mol.